The van der Waals surface area contributed by atoms with Gasteiger partial charge in [-0.25, -0.2) is 4.85 Å². The molecule has 2 bridgehead atoms. The minimum absolute atomic E-state index is 0.153. The third-order valence-electron chi connectivity index (χ3n) is 8.06. The van der Waals surface area contributed by atoms with Crippen LogP contribution in [0.25, 0.3) is 4.85 Å². The number of Topliss-reactive ketones (excluding diaryl/α,β-unsaturated/α-hetero) is 1. The smallest absolute Gasteiger partial charge is 0.228 e. The van der Waals surface area contributed by atoms with E-state index >= 15 is 0 Å². The van der Waals surface area contributed by atoms with Gasteiger partial charge in [0, 0.05) is 24.4 Å². The van der Waals surface area contributed by atoms with Gasteiger partial charge in [-0.1, -0.05) is 18.6 Å². The molecule has 1 aromatic carbocycles. The minimum atomic E-state index is -0.341. The van der Waals surface area contributed by atoms with Crippen LogP contribution in [0, 0.1) is 18.4 Å². The van der Waals surface area contributed by atoms with Crippen LogP contribution in [0.1, 0.15) is 49.7 Å². The van der Waals surface area contributed by atoms with Crippen molar-refractivity contribution < 1.29 is 9.53 Å². The lowest BCUT2D eigenvalue weighted by Gasteiger charge is -2.58. The van der Waals surface area contributed by atoms with Crippen molar-refractivity contribution >= 4 is 11.5 Å². The average molecular weight is 348 g/mol. The summed E-state index contributed by atoms with van der Waals surface area (Å²) in [6, 6.07) is 4.60. The van der Waals surface area contributed by atoms with Crippen molar-refractivity contribution in [2.75, 3.05) is 13.1 Å². The highest BCUT2D eigenvalue weighted by Gasteiger charge is 2.65. The van der Waals surface area contributed by atoms with Gasteiger partial charge in [-0.15, -0.1) is 0 Å². The standard InChI is InChI=1S/C22H24N2O2/c1-23-16-7-5-14-11-17-15-6-8-18(25)21-22(15,19(14)20(16)26-21)9-10-24(17)12-13-3-2-4-13/h5,7,13,15,17,21H,2-4,6,8-12H2/t15-,17+,21-,22-/m0/s1. The number of likely N-dealkylation sites (tertiary alicyclic amines) is 1. The Morgan fingerprint density at radius 2 is 2.19 bits per heavy atom. The van der Waals surface area contributed by atoms with Crippen molar-refractivity contribution in [1.82, 2.24) is 4.90 Å². The zero-order valence-corrected chi connectivity index (χ0v) is 15.0. The molecule has 3 fully saturated rings. The minimum Gasteiger partial charge on any atom is -0.492 e. The van der Waals surface area contributed by atoms with Crippen LogP contribution >= 0.6 is 0 Å². The Hall–Kier alpha value is -1.86. The van der Waals surface area contributed by atoms with Crippen LogP contribution in [0.3, 0.4) is 0 Å². The summed E-state index contributed by atoms with van der Waals surface area (Å²) in [5.74, 6) is 2.39. The van der Waals surface area contributed by atoms with Gasteiger partial charge in [-0.3, -0.25) is 9.69 Å². The van der Waals surface area contributed by atoms with Crippen LogP contribution in [0.15, 0.2) is 12.1 Å². The molecule has 2 aliphatic heterocycles. The molecule has 0 aromatic heterocycles. The number of hydrogen-bond acceptors (Lipinski definition) is 3. The SMILES string of the molecule is [C-]#[N+]c1ccc2c3c1O[C@H]1C(=O)CC[C@H]4[C@@H](C2)N(CC2CCC2)CC[C@]314. The van der Waals surface area contributed by atoms with E-state index in [0.29, 0.717) is 24.1 Å². The van der Waals surface area contributed by atoms with Crippen LogP contribution < -0.4 is 4.74 Å². The lowest BCUT2D eigenvalue weighted by molar-refractivity contribution is -0.139. The predicted molar refractivity (Wildman–Crippen MR) is 97.6 cm³/mol. The maximum Gasteiger partial charge on any atom is 0.228 e. The molecule has 0 unspecified atom stereocenters. The molecule has 26 heavy (non-hydrogen) atoms. The summed E-state index contributed by atoms with van der Waals surface area (Å²) in [6.45, 7) is 9.84. The normalized spacial score (nSPS) is 37.5. The molecule has 0 N–H and O–H groups in total. The number of carbonyl (C=O) groups is 1. The molecule has 6 rings (SSSR count). The van der Waals surface area contributed by atoms with E-state index in [9.17, 15) is 4.79 Å². The molecule has 1 spiro atoms. The first-order valence-corrected chi connectivity index (χ1v) is 10.2. The summed E-state index contributed by atoms with van der Waals surface area (Å²) in [4.78, 5) is 19.3. The zero-order chi connectivity index (χ0) is 17.5. The number of ether oxygens (including phenoxy) is 1. The third-order valence-corrected chi connectivity index (χ3v) is 8.06. The molecule has 134 valence electrons. The van der Waals surface area contributed by atoms with Crippen molar-refractivity contribution in [3.8, 4) is 5.75 Å². The number of rotatable bonds is 2. The van der Waals surface area contributed by atoms with E-state index in [1.807, 2.05) is 6.07 Å². The van der Waals surface area contributed by atoms with Gasteiger partial charge in [-0.2, -0.15) is 0 Å². The lowest BCUT2D eigenvalue weighted by atomic mass is 9.51. The first kappa shape index (κ1) is 15.2. The molecular formula is C22H24N2O2. The molecule has 0 amide bonds. The number of hydrogen-bond donors (Lipinski definition) is 0. The van der Waals surface area contributed by atoms with Crippen molar-refractivity contribution in [1.29, 1.82) is 0 Å². The number of benzene rings is 1. The first-order valence-electron chi connectivity index (χ1n) is 10.2. The fourth-order valence-corrected chi connectivity index (χ4v) is 6.73. The van der Waals surface area contributed by atoms with E-state index in [1.54, 1.807) is 0 Å². The Kier molecular flexibility index (Phi) is 2.99. The van der Waals surface area contributed by atoms with E-state index < -0.39 is 0 Å². The molecule has 2 heterocycles. The Balaban J connectivity index is 1.50. The van der Waals surface area contributed by atoms with Gasteiger partial charge in [-0.05, 0) is 61.6 Å². The van der Waals surface area contributed by atoms with E-state index in [1.165, 1.54) is 36.9 Å². The number of piperidine rings is 1. The lowest BCUT2D eigenvalue weighted by Crippen LogP contribution is -2.66. The van der Waals surface area contributed by atoms with Gasteiger partial charge in [0.25, 0.3) is 0 Å². The largest absolute Gasteiger partial charge is 0.492 e. The van der Waals surface area contributed by atoms with Gasteiger partial charge in [0.2, 0.25) is 5.69 Å². The van der Waals surface area contributed by atoms with E-state index in [2.05, 4.69) is 15.8 Å². The predicted octanol–water partition coefficient (Wildman–Crippen LogP) is 3.65. The molecular weight excluding hydrogens is 324 g/mol. The average Bonchev–Trinajstić information content (AvgIpc) is 2.96. The Morgan fingerprint density at radius 3 is 2.96 bits per heavy atom. The highest BCUT2D eigenvalue weighted by molar-refractivity contribution is 5.89. The highest BCUT2D eigenvalue weighted by atomic mass is 16.5. The van der Waals surface area contributed by atoms with Gasteiger partial charge < -0.3 is 4.74 Å². The summed E-state index contributed by atoms with van der Waals surface area (Å²) in [5.41, 5.74) is 3.02. The second-order valence-electron chi connectivity index (χ2n) is 9.02. The van der Waals surface area contributed by atoms with Crippen molar-refractivity contribution in [3.05, 3.63) is 34.7 Å². The summed E-state index contributed by atoms with van der Waals surface area (Å²) in [6.07, 6.45) is 7.53. The number of nitrogens with zero attached hydrogens (tertiary/aromatic N) is 2. The summed E-state index contributed by atoms with van der Waals surface area (Å²) in [7, 11) is 0. The maximum atomic E-state index is 12.8. The summed E-state index contributed by atoms with van der Waals surface area (Å²) >= 11 is 0. The Labute approximate surface area is 154 Å². The molecule has 3 aliphatic carbocycles. The fraction of sp³-hybridized carbons (Fsp3) is 0.636. The summed E-state index contributed by atoms with van der Waals surface area (Å²) in [5, 5.41) is 0. The van der Waals surface area contributed by atoms with E-state index in [-0.39, 0.29) is 17.3 Å². The van der Waals surface area contributed by atoms with Crippen LogP contribution in [0.4, 0.5) is 5.69 Å². The maximum absolute atomic E-state index is 12.8. The van der Waals surface area contributed by atoms with Crippen LogP contribution in [-0.4, -0.2) is 35.9 Å². The van der Waals surface area contributed by atoms with Gasteiger partial charge in [0.1, 0.15) is 5.75 Å². The van der Waals surface area contributed by atoms with Gasteiger partial charge >= 0.3 is 0 Å². The Morgan fingerprint density at radius 1 is 1.31 bits per heavy atom. The zero-order valence-electron chi connectivity index (χ0n) is 15.0. The quantitative estimate of drug-likeness (QED) is 0.765. The van der Waals surface area contributed by atoms with Crippen LogP contribution in [-0.2, 0) is 16.6 Å². The van der Waals surface area contributed by atoms with Crippen molar-refractivity contribution in [2.24, 2.45) is 11.8 Å². The van der Waals surface area contributed by atoms with Crippen molar-refractivity contribution in [3.63, 3.8) is 0 Å². The molecule has 4 heteroatoms. The monoisotopic (exact) mass is 348 g/mol. The molecule has 1 saturated heterocycles. The third kappa shape index (κ3) is 1.71. The van der Waals surface area contributed by atoms with E-state index in [0.717, 1.165) is 37.5 Å². The fourth-order valence-electron chi connectivity index (χ4n) is 6.73. The second-order valence-corrected chi connectivity index (χ2v) is 9.02. The van der Waals surface area contributed by atoms with Gasteiger partial charge in [0.05, 0.1) is 6.57 Å². The highest BCUT2D eigenvalue weighted by Crippen LogP contribution is 2.63. The van der Waals surface area contributed by atoms with Crippen LogP contribution in [0.5, 0.6) is 5.75 Å². The van der Waals surface area contributed by atoms with Crippen molar-refractivity contribution in [2.45, 2.75) is 62.5 Å². The number of carbonyl (C=O) groups excluding carboxylic acids is 1. The number of ketones is 1. The molecule has 2 saturated carbocycles. The summed E-state index contributed by atoms with van der Waals surface area (Å²) < 4.78 is 6.28. The van der Waals surface area contributed by atoms with E-state index in [4.69, 9.17) is 11.3 Å². The molecule has 4 nitrogen and oxygen atoms in total. The van der Waals surface area contributed by atoms with Gasteiger partial charge in [0.15, 0.2) is 11.9 Å². The molecule has 5 aliphatic rings. The first-order chi connectivity index (χ1) is 12.7. The molecule has 1 aromatic rings. The molecule has 0 radical (unpaired) electrons. The second kappa shape index (κ2) is 5.10. The van der Waals surface area contributed by atoms with Crippen LogP contribution in [0.2, 0.25) is 0 Å². The Bertz CT molecular complexity index is 852. The topological polar surface area (TPSA) is 33.9 Å². The molecule has 4 atom stereocenters.